The van der Waals surface area contributed by atoms with Gasteiger partial charge in [0.05, 0.1) is 18.2 Å². The van der Waals surface area contributed by atoms with Gasteiger partial charge in [0.15, 0.2) is 0 Å². The van der Waals surface area contributed by atoms with Crippen LogP contribution in [0.5, 0.6) is 0 Å². The van der Waals surface area contributed by atoms with E-state index in [0.29, 0.717) is 22.1 Å². The number of amides is 1. The summed E-state index contributed by atoms with van der Waals surface area (Å²) in [5.41, 5.74) is 4.22. The Morgan fingerprint density at radius 2 is 1.78 bits per heavy atom. The third-order valence-electron chi connectivity index (χ3n) is 5.72. The zero-order valence-electron chi connectivity index (χ0n) is 18.0. The van der Waals surface area contributed by atoms with Crippen molar-refractivity contribution in [3.05, 3.63) is 69.8 Å². The summed E-state index contributed by atoms with van der Waals surface area (Å²) in [4.78, 5) is 36.2. The van der Waals surface area contributed by atoms with Crippen LogP contribution in [0.2, 0.25) is 0 Å². The number of furan rings is 1. The van der Waals surface area contributed by atoms with Crippen molar-refractivity contribution < 1.29 is 23.5 Å². The van der Waals surface area contributed by atoms with E-state index in [1.54, 1.807) is 26.2 Å². The minimum Gasteiger partial charge on any atom is -0.480 e. The topological polar surface area (TPSA) is 110 Å². The molecular weight excluding hydrogens is 410 g/mol. The molecule has 2 aromatic carbocycles. The van der Waals surface area contributed by atoms with Crippen molar-refractivity contribution in [1.82, 2.24) is 5.32 Å². The Labute approximate surface area is 183 Å². The average Bonchev–Trinajstić information content (AvgIpc) is 3.17. The first kappa shape index (κ1) is 21.4. The molecule has 2 aromatic heterocycles. The van der Waals surface area contributed by atoms with Crippen LogP contribution in [-0.4, -0.2) is 23.0 Å². The molecule has 4 rings (SSSR count). The lowest BCUT2D eigenvalue weighted by Crippen LogP contribution is -2.41. The maximum absolute atomic E-state index is 12.6. The summed E-state index contributed by atoms with van der Waals surface area (Å²) in [5, 5.41) is 13.2. The van der Waals surface area contributed by atoms with Gasteiger partial charge >= 0.3 is 11.6 Å². The van der Waals surface area contributed by atoms with Crippen molar-refractivity contribution in [3.8, 4) is 11.1 Å². The second kappa shape index (κ2) is 8.34. The summed E-state index contributed by atoms with van der Waals surface area (Å²) < 4.78 is 11.2. The molecule has 1 atom stereocenters. The molecule has 4 aromatic rings. The number of carboxylic acid groups (broad SMARTS) is 1. The van der Waals surface area contributed by atoms with E-state index in [9.17, 15) is 14.4 Å². The van der Waals surface area contributed by atoms with E-state index in [0.717, 1.165) is 22.1 Å². The lowest BCUT2D eigenvalue weighted by Gasteiger charge is -2.13. The Kier molecular flexibility index (Phi) is 5.57. The number of carboxylic acids is 1. The standard InChI is InChI=1S/C25H23NO6/c1-4-20(24(28)29)26-23(27)10-17-14(3)16-9-18-19(15-7-5-13(2)6-8-15)12-31-21(18)11-22(16)32-25(17)30/h5-9,11-12,20H,4,10H2,1-3H3,(H,26,27)(H,28,29)/t20-/m0/s1. The van der Waals surface area contributed by atoms with Crippen molar-refractivity contribution >= 4 is 33.8 Å². The zero-order chi connectivity index (χ0) is 23.0. The van der Waals surface area contributed by atoms with Gasteiger partial charge in [0.1, 0.15) is 17.2 Å². The van der Waals surface area contributed by atoms with Gasteiger partial charge in [-0.3, -0.25) is 4.79 Å². The van der Waals surface area contributed by atoms with E-state index in [4.69, 9.17) is 13.9 Å². The molecule has 0 unspecified atom stereocenters. The Balaban J connectivity index is 1.77. The Morgan fingerprint density at radius 3 is 2.44 bits per heavy atom. The molecule has 0 aliphatic carbocycles. The summed E-state index contributed by atoms with van der Waals surface area (Å²) in [6.07, 6.45) is 1.65. The fourth-order valence-corrected chi connectivity index (χ4v) is 3.82. The Morgan fingerprint density at radius 1 is 1.06 bits per heavy atom. The molecule has 164 valence electrons. The van der Waals surface area contributed by atoms with Crippen LogP contribution in [0.1, 0.15) is 30.0 Å². The average molecular weight is 433 g/mol. The minimum atomic E-state index is -1.12. The molecule has 7 heteroatoms. The monoisotopic (exact) mass is 433 g/mol. The van der Waals surface area contributed by atoms with Gasteiger partial charge in [-0.1, -0.05) is 36.8 Å². The first-order valence-corrected chi connectivity index (χ1v) is 10.3. The van der Waals surface area contributed by atoms with Crippen LogP contribution in [0.25, 0.3) is 33.1 Å². The van der Waals surface area contributed by atoms with Crippen molar-refractivity contribution in [2.45, 2.75) is 39.7 Å². The van der Waals surface area contributed by atoms with Crippen molar-refractivity contribution in [1.29, 1.82) is 0 Å². The normalized spacial score (nSPS) is 12.2. The largest absolute Gasteiger partial charge is 0.480 e. The lowest BCUT2D eigenvalue weighted by molar-refractivity contribution is -0.141. The molecule has 32 heavy (non-hydrogen) atoms. The van der Waals surface area contributed by atoms with E-state index in [-0.39, 0.29) is 18.4 Å². The van der Waals surface area contributed by atoms with E-state index in [2.05, 4.69) is 5.32 Å². The number of fused-ring (bicyclic) bond motifs is 2. The predicted octanol–water partition coefficient (Wildman–Crippen LogP) is 4.34. The molecule has 0 spiro atoms. The second-order valence-electron chi connectivity index (χ2n) is 7.90. The van der Waals surface area contributed by atoms with Crippen molar-refractivity contribution in [2.75, 3.05) is 0 Å². The SMILES string of the molecule is CC[C@H](NC(=O)Cc1c(C)c2cc3c(-c4ccc(C)cc4)coc3cc2oc1=O)C(=O)O. The summed E-state index contributed by atoms with van der Waals surface area (Å²) in [6.45, 7) is 5.44. The van der Waals surface area contributed by atoms with E-state index in [1.165, 1.54) is 0 Å². The van der Waals surface area contributed by atoms with Crippen LogP contribution in [0.4, 0.5) is 0 Å². The highest BCUT2D eigenvalue weighted by Crippen LogP contribution is 2.34. The molecule has 0 radical (unpaired) electrons. The first-order valence-electron chi connectivity index (χ1n) is 10.3. The molecule has 2 N–H and O–H groups in total. The van der Waals surface area contributed by atoms with E-state index < -0.39 is 23.5 Å². The van der Waals surface area contributed by atoms with Gasteiger partial charge in [-0.25, -0.2) is 9.59 Å². The molecule has 7 nitrogen and oxygen atoms in total. The summed E-state index contributed by atoms with van der Waals surface area (Å²) in [6, 6.07) is 10.7. The van der Waals surface area contributed by atoms with Gasteiger partial charge in [-0.2, -0.15) is 0 Å². The fraction of sp³-hybridized carbons (Fsp3) is 0.240. The van der Waals surface area contributed by atoms with Gasteiger partial charge in [0, 0.05) is 22.4 Å². The van der Waals surface area contributed by atoms with Crippen LogP contribution in [0.3, 0.4) is 0 Å². The van der Waals surface area contributed by atoms with E-state index >= 15 is 0 Å². The van der Waals surface area contributed by atoms with Gasteiger partial charge in [0.25, 0.3) is 0 Å². The molecule has 0 fully saturated rings. The van der Waals surface area contributed by atoms with Crippen LogP contribution in [0, 0.1) is 13.8 Å². The minimum absolute atomic E-state index is 0.204. The van der Waals surface area contributed by atoms with Gasteiger partial charge < -0.3 is 19.3 Å². The van der Waals surface area contributed by atoms with E-state index in [1.807, 2.05) is 37.3 Å². The lowest BCUT2D eigenvalue weighted by atomic mass is 9.99. The van der Waals surface area contributed by atoms with Gasteiger partial charge in [-0.15, -0.1) is 0 Å². The predicted molar refractivity (Wildman–Crippen MR) is 121 cm³/mol. The number of nitrogens with one attached hydrogen (secondary N) is 1. The van der Waals surface area contributed by atoms with Crippen LogP contribution < -0.4 is 10.9 Å². The number of aliphatic carboxylic acids is 1. The van der Waals surface area contributed by atoms with Gasteiger partial charge in [0.2, 0.25) is 5.91 Å². The number of carbonyl (C=O) groups excluding carboxylic acids is 1. The molecule has 2 heterocycles. The molecule has 0 saturated carbocycles. The van der Waals surface area contributed by atoms with Crippen molar-refractivity contribution in [2.24, 2.45) is 0 Å². The quantitative estimate of drug-likeness (QED) is 0.438. The number of aryl methyl sites for hydroxylation is 2. The zero-order valence-corrected chi connectivity index (χ0v) is 18.0. The number of benzene rings is 2. The van der Waals surface area contributed by atoms with Crippen LogP contribution in [-0.2, 0) is 16.0 Å². The fourth-order valence-electron chi connectivity index (χ4n) is 3.82. The molecule has 0 aliphatic rings. The number of hydrogen-bond donors (Lipinski definition) is 2. The summed E-state index contributed by atoms with van der Waals surface area (Å²) >= 11 is 0. The number of rotatable bonds is 6. The number of carbonyl (C=O) groups is 2. The van der Waals surface area contributed by atoms with Crippen LogP contribution >= 0.6 is 0 Å². The maximum Gasteiger partial charge on any atom is 0.340 e. The highest BCUT2D eigenvalue weighted by atomic mass is 16.4. The molecule has 0 aliphatic heterocycles. The molecule has 0 saturated heterocycles. The number of hydrogen-bond acceptors (Lipinski definition) is 5. The molecular formula is C25H23NO6. The smallest absolute Gasteiger partial charge is 0.340 e. The third kappa shape index (κ3) is 3.89. The Bertz CT molecular complexity index is 1390. The summed E-state index contributed by atoms with van der Waals surface area (Å²) in [5.74, 6) is -1.66. The second-order valence-corrected chi connectivity index (χ2v) is 7.90. The van der Waals surface area contributed by atoms with Crippen molar-refractivity contribution in [3.63, 3.8) is 0 Å². The molecule has 1 amide bonds. The van der Waals surface area contributed by atoms with Gasteiger partial charge in [-0.05, 0) is 37.5 Å². The molecule has 0 bridgehead atoms. The highest BCUT2D eigenvalue weighted by Gasteiger charge is 2.21. The Hall–Kier alpha value is -3.87. The summed E-state index contributed by atoms with van der Waals surface area (Å²) in [7, 11) is 0. The first-order chi connectivity index (χ1) is 15.3. The highest BCUT2D eigenvalue weighted by molar-refractivity contribution is 6.02. The third-order valence-corrected chi connectivity index (χ3v) is 5.72. The van der Waals surface area contributed by atoms with Crippen LogP contribution in [0.15, 0.2) is 56.3 Å². The maximum atomic E-state index is 12.6.